The number of piperidine rings is 1. The van der Waals surface area contributed by atoms with Crippen LogP contribution in [0.2, 0.25) is 0 Å². The Morgan fingerprint density at radius 2 is 2.25 bits per heavy atom. The summed E-state index contributed by atoms with van der Waals surface area (Å²) in [5, 5.41) is 3.91. The number of carbonyl (C=O) groups is 1. The SMILES string of the molecule is Cc1nccc(OC2CCCN(C(=O)Cc3c(C)noc3C)C2)n1. The summed E-state index contributed by atoms with van der Waals surface area (Å²) in [6.45, 7) is 6.85. The summed E-state index contributed by atoms with van der Waals surface area (Å²) in [6, 6.07) is 1.75. The molecule has 1 unspecified atom stereocenters. The summed E-state index contributed by atoms with van der Waals surface area (Å²) < 4.78 is 11.1. The van der Waals surface area contributed by atoms with Crippen LogP contribution in [0, 0.1) is 20.8 Å². The van der Waals surface area contributed by atoms with Crippen molar-refractivity contribution in [3.63, 3.8) is 0 Å². The molecule has 1 atom stereocenters. The molecule has 7 nitrogen and oxygen atoms in total. The molecular weight excluding hydrogens is 308 g/mol. The van der Waals surface area contributed by atoms with E-state index in [1.165, 1.54) is 0 Å². The Hall–Kier alpha value is -2.44. The predicted octanol–water partition coefficient (Wildman–Crippen LogP) is 2.00. The van der Waals surface area contributed by atoms with Gasteiger partial charge in [-0.05, 0) is 33.6 Å². The minimum absolute atomic E-state index is 0.0401. The molecule has 0 radical (unpaired) electrons. The number of ether oxygens (including phenoxy) is 1. The largest absolute Gasteiger partial charge is 0.472 e. The fourth-order valence-corrected chi connectivity index (χ4v) is 2.95. The second-order valence-electron chi connectivity index (χ2n) is 6.14. The standard InChI is InChI=1S/C17H22N4O3/c1-11-15(12(2)24-20-11)9-17(22)21-8-4-5-14(10-21)23-16-6-7-18-13(3)19-16/h6-7,14H,4-5,8-10H2,1-3H3. The normalized spacial score (nSPS) is 17.8. The van der Waals surface area contributed by atoms with Crippen LogP contribution >= 0.6 is 0 Å². The maximum atomic E-state index is 12.6. The number of rotatable bonds is 4. The number of carbonyl (C=O) groups excluding carboxylic acids is 1. The first-order valence-corrected chi connectivity index (χ1v) is 8.18. The molecule has 0 aromatic carbocycles. The van der Waals surface area contributed by atoms with E-state index < -0.39 is 0 Å². The molecule has 24 heavy (non-hydrogen) atoms. The molecule has 1 saturated heterocycles. The van der Waals surface area contributed by atoms with Crippen LogP contribution in [0.3, 0.4) is 0 Å². The zero-order valence-electron chi connectivity index (χ0n) is 14.3. The topological polar surface area (TPSA) is 81.4 Å². The Labute approximate surface area is 141 Å². The van der Waals surface area contributed by atoms with Crippen molar-refractivity contribution in [2.24, 2.45) is 0 Å². The van der Waals surface area contributed by atoms with E-state index in [0.717, 1.165) is 30.6 Å². The van der Waals surface area contributed by atoms with Crippen molar-refractivity contribution in [1.82, 2.24) is 20.0 Å². The molecule has 7 heteroatoms. The summed E-state index contributed by atoms with van der Waals surface area (Å²) >= 11 is 0. The van der Waals surface area contributed by atoms with Gasteiger partial charge in [-0.2, -0.15) is 4.98 Å². The van der Waals surface area contributed by atoms with Gasteiger partial charge in [-0.1, -0.05) is 5.16 Å². The van der Waals surface area contributed by atoms with Gasteiger partial charge in [0.15, 0.2) is 0 Å². The molecule has 128 valence electrons. The van der Waals surface area contributed by atoms with E-state index in [4.69, 9.17) is 9.26 Å². The van der Waals surface area contributed by atoms with Crippen molar-refractivity contribution in [1.29, 1.82) is 0 Å². The summed E-state index contributed by atoms with van der Waals surface area (Å²) in [5.41, 5.74) is 1.66. The number of nitrogens with zero attached hydrogens (tertiary/aromatic N) is 4. The van der Waals surface area contributed by atoms with Gasteiger partial charge >= 0.3 is 0 Å². The van der Waals surface area contributed by atoms with Gasteiger partial charge in [-0.15, -0.1) is 0 Å². The van der Waals surface area contributed by atoms with Crippen molar-refractivity contribution < 1.29 is 14.1 Å². The van der Waals surface area contributed by atoms with Gasteiger partial charge in [0.1, 0.15) is 17.7 Å². The lowest BCUT2D eigenvalue weighted by molar-refractivity contribution is -0.133. The molecule has 0 saturated carbocycles. The van der Waals surface area contributed by atoms with Crippen molar-refractivity contribution in [3.8, 4) is 5.88 Å². The van der Waals surface area contributed by atoms with Gasteiger partial charge in [0.2, 0.25) is 11.8 Å². The second-order valence-corrected chi connectivity index (χ2v) is 6.14. The Balaban J connectivity index is 1.61. The number of hydrogen-bond acceptors (Lipinski definition) is 6. The van der Waals surface area contributed by atoms with Gasteiger partial charge in [0, 0.05) is 24.4 Å². The molecule has 2 aromatic rings. The third-order valence-corrected chi connectivity index (χ3v) is 4.28. The van der Waals surface area contributed by atoms with E-state index in [-0.39, 0.29) is 12.0 Å². The van der Waals surface area contributed by atoms with E-state index in [1.54, 1.807) is 12.3 Å². The summed E-state index contributed by atoms with van der Waals surface area (Å²) in [7, 11) is 0. The molecule has 0 N–H and O–H groups in total. The third kappa shape index (κ3) is 3.72. The molecule has 1 aliphatic rings. The van der Waals surface area contributed by atoms with Gasteiger partial charge in [0.05, 0.1) is 18.7 Å². The van der Waals surface area contributed by atoms with E-state index >= 15 is 0 Å². The van der Waals surface area contributed by atoms with Crippen LogP contribution in [0.4, 0.5) is 0 Å². The highest BCUT2D eigenvalue weighted by Crippen LogP contribution is 2.19. The van der Waals surface area contributed by atoms with E-state index in [0.29, 0.717) is 30.4 Å². The lowest BCUT2D eigenvalue weighted by Gasteiger charge is -2.32. The van der Waals surface area contributed by atoms with E-state index in [2.05, 4.69) is 15.1 Å². The number of aromatic nitrogens is 3. The van der Waals surface area contributed by atoms with Crippen molar-refractivity contribution in [3.05, 3.63) is 35.1 Å². The Morgan fingerprint density at radius 1 is 1.42 bits per heavy atom. The lowest BCUT2D eigenvalue weighted by Crippen LogP contribution is -2.45. The first kappa shape index (κ1) is 16.4. The monoisotopic (exact) mass is 330 g/mol. The minimum atomic E-state index is -0.0401. The fraction of sp³-hybridized carbons (Fsp3) is 0.529. The second kappa shape index (κ2) is 6.98. The summed E-state index contributed by atoms with van der Waals surface area (Å²) in [6.07, 6.45) is 3.79. The molecule has 2 aromatic heterocycles. The Kier molecular flexibility index (Phi) is 4.78. The highest BCUT2D eigenvalue weighted by atomic mass is 16.5. The van der Waals surface area contributed by atoms with Crippen LogP contribution in [-0.2, 0) is 11.2 Å². The molecule has 1 aliphatic heterocycles. The maximum absolute atomic E-state index is 12.6. The first-order chi connectivity index (χ1) is 11.5. The van der Waals surface area contributed by atoms with Crippen LogP contribution in [0.15, 0.2) is 16.8 Å². The first-order valence-electron chi connectivity index (χ1n) is 8.18. The smallest absolute Gasteiger partial charge is 0.227 e. The summed E-state index contributed by atoms with van der Waals surface area (Å²) in [4.78, 5) is 22.8. The van der Waals surface area contributed by atoms with Crippen LogP contribution in [0.1, 0.15) is 35.7 Å². The number of hydrogen-bond donors (Lipinski definition) is 0. The summed E-state index contributed by atoms with van der Waals surface area (Å²) in [5.74, 6) is 2.03. The van der Waals surface area contributed by atoms with E-state index in [1.807, 2.05) is 25.7 Å². The number of aryl methyl sites for hydroxylation is 3. The molecule has 0 bridgehead atoms. The predicted molar refractivity (Wildman–Crippen MR) is 86.7 cm³/mol. The van der Waals surface area contributed by atoms with Crippen molar-refractivity contribution in [2.45, 2.75) is 46.1 Å². The number of likely N-dealkylation sites (tertiary alicyclic amines) is 1. The zero-order valence-corrected chi connectivity index (χ0v) is 14.3. The molecule has 1 fully saturated rings. The molecule has 1 amide bonds. The highest BCUT2D eigenvalue weighted by Gasteiger charge is 2.26. The molecule has 3 heterocycles. The van der Waals surface area contributed by atoms with Gasteiger partial charge in [0.25, 0.3) is 0 Å². The molecule has 0 spiro atoms. The third-order valence-electron chi connectivity index (χ3n) is 4.28. The Bertz CT molecular complexity index is 709. The average molecular weight is 330 g/mol. The van der Waals surface area contributed by atoms with Crippen molar-refractivity contribution >= 4 is 5.91 Å². The molecular formula is C17H22N4O3. The average Bonchev–Trinajstić information content (AvgIpc) is 2.87. The van der Waals surface area contributed by atoms with Crippen LogP contribution in [0.25, 0.3) is 0 Å². The Morgan fingerprint density at radius 3 is 2.96 bits per heavy atom. The number of amides is 1. The van der Waals surface area contributed by atoms with Gasteiger partial charge in [-0.25, -0.2) is 4.98 Å². The van der Waals surface area contributed by atoms with Crippen LogP contribution in [-0.4, -0.2) is 45.1 Å². The highest BCUT2D eigenvalue weighted by molar-refractivity contribution is 5.79. The van der Waals surface area contributed by atoms with Crippen LogP contribution < -0.4 is 4.74 Å². The lowest BCUT2D eigenvalue weighted by atomic mass is 10.1. The van der Waals surface area contributed by atoms with Crippen LogP contribution in [0.5, 0.6) is 5.88 Å². The maximum Gasteiger partial charge on any atom is 0.227 e. The fourth-order valence-electron chi connectivity index (χ4n) is 2.95. The zero-order chi connectivity index (χ0) is 17.1. The quantitative estimate of drug-likeness (QED) is 0.853. The molecule has 3 rings (SSSR count). The van der Waals surface area contributed by atoms with Crippen molar-refractivity contribution in [2.75, 3.05) is 13.1 Å². The van der Waals surface area contributed by atoms with Gasteiger partial charge in [-0.3, -0.25) is 4.79 Å². The van der Waals surface area contributed by atoms with E-state index in [9.17, 15) is 4.79 Å². The van der Waals surface area contributed by atoms with Gasteiger partial charge < -0.3 is 14.2 Å². The molecule has 0 aliphatic carbocycles. The minimum Gasteiger partial charge on any atom is -0.472 e.